The molecule has 0 atom stereocenters. The van der Waals surface area contributed by atoms with Crippen molar-refractivity contribution < 1.29 is 0 Å². The van der Waals surface area contributed by atoms with E-state index in [1.807, 2.05) is 66.7 Å². The minimum Gasteiger partial charge on any atom is -0.292 e. The van der Waals surface area contributed by atoms with Gasteiger partial charge in [-0.1, -0.05) is 117 Å². The van der Waals surface area contributed by atoms with Crippen LogP contribution in [0.25, 0.3) is 62.3 Å². The summed E-state index contributed by atoms with van der Waals surface area (Å²) in [7, 11) is 0. The summed E-state index contributed by atoms with van der Waals surface area (Å²) >= 11 is 0. The third-order valence-corrected chi connectivity index (χ3v) is 7.43. The van der Waals surface area contributed by atoms with Gasteiger partial charge in [0, 0.05) is 27.9 Å². The zero-order valence-corrected chi connectivity index (χ0v) is 23.5. The summed E-state index contributed by atoms with van der Waals surface area (Å²) in [4.78, 5) is 19.8. The summed E-state index contributed by atoms with van der Waals surface area (Å²) in [6.07, 6.45) is 0. The average Bonchev–Trinajstić information content (AvgIpc) is 3.45. The number of para-hydroxylation sites is 2. The maximum absolute atomic E-state index is 5.09. The van der Waals surface area contributed by atoms with E-state index >= 15 is 0 Å². The molecule has 202 valence electrons. The van der Waals surface area contributed by atoms with Crippen LogP contribution in [0, 0.1) is 0 Å². The van der Waals surface area contributed by atoms with Gasteiger partial charge in [-0.05, 0) is 41.8 Å². The molecule has 0 aliphatic heterocycles. The van der Waals surface area contributed by atoms with Gasteiger partial charge in [-0.3, -0.25) is 4.57 Å². The van der Waals surface area contributed by atoms with Crippen LogP contribution in [0.2, 0.25) is 0 Å². The van der Waals surface area contributed by atoms with Gasteiger partial charge in [0.15, 0.2) is 17.5 Å². The lowest BCUT2D eigenvalue weighted by atomic mass is 10.0. The summed E-state index contributed by atoms with van der Waals surface area (Å²) < 4.78 is 2.23. The van der Waals surface area contributed by atoms with Gasteiger partial charge in [0.05, 0.1) is 11.0 Å². The van der Waals surface area contributed by atoms with Gasteiger partial charge in [-0.15, -0.1) is 0 Å². The van der Waals surface area contributed by atoms with Crippen molar-refractivity contribution in [2.75, 3.05) is 0 Å². The van der Waals surface area contributed by atoms with E-state index < -0.39 is 0 Å². The van der Waals surface area contributed by atoms with Crippen molar-refractivity contribution in [1.82, 2.24) is 24.5 Å². The molecule has 0 N–H and O–H groups in total. The fourth-order valence-corrected chi connectivity index (χ4v) is 5.24. The lowest BCUT2D eigenvalue weighted by molar-refractivity contribution is 0.866. The molecule has 2 aromatic heterocycles. The largest absolute Gasteiger partial charge is 0.292 e. The first kappa shape index (κ1) is 25.5. The second-order valence-electron chi connectivity index (χ2n) is 10.6. The lowest BCUT2D eigenvalue weighted by Crippen LogP contribution is -2.02. The van der Waals surface area contributed by atoms with Crippen molar-refractivity contribution in [1.29, 1.82) is 0 Å². The highest BCUT2D eigenvalue weighted by Gasteiger charge is 2.17. The highest BCUT2D eigenvalue weighted by atomic mass is 15.1. The van der Waals surface area contributed by atoms with Crippen LogP contribution in [0.1, 0.15) is 25.3 Å². The van der Waals surface area contributed by atoms with Crippen molar-refractivity contribution >= 4 is 11.0 Å². The predicted octanol–water partition coefficient (Wildman–Crippen LogP) is 9.00. The number of rotatable bonds is 6. The highest BCUT2D eigenvalue weighted by Crippen LogP contribution is 2.32. The summed E-state index contributed by atoms with van der Waals surface area (Å²) in [6.45, 7) is 4.43. The second-order valence-corrected chi connectivity index (χ2v) is 10.6. The molecule has 5 heteroatoms. The molecular weight excluding hydrogens is 514 g/mol. The van der Waals surface area contributed by atoms with Crippen molar-refractivity contribution in [3.8, 4) is 51.2 Å². The van der Waals surface area contributed by atoms with Crippen LogP contribution in [0.4, 0.5) is 0 Å². The quantitative estimate of drug-likeness (QED) is 0.210. The van der Waals surface area contributed by atoms with Crippen LogP contribution in [-0.2, 0) is 0 Å². The summed E-state index contributed by atoms with van der Waals surface area (Å²) in [5.41, 5.74) is 8.16. The van der Waals surface area contributed by atoms with Crippen LogP contribution < -0.4 is 0 Å². The van der Waals surface area contributed by atoms with E-state index in [-0.39, 0.29) is 0 Å². The van der Waals surface area contributed by atoms with E-state index in [0.29, 0.717) is 23.4 Å². The minimum absolute atomic E-state index is 0.424. The Labute approximate surface area is 245 Å². The summed E-state index contributed by atoms with van der Waals surface area (Å²) in [6, 6.07) is 45.4. The van der Waals surface area contributed by atoms with Gasteiger partial charge >= 0.3 is 0 Å². The van der Waals surface area contributed by atoms with Crippen LogP contribution in [-0.4, -0.2) is 24.5 Å². The molecule has 5 aromatic carbocycles. The Morgan fingerprint density at radius 1 is 0.476 bits per heavy atom. The number of hydrogen-bond donors (Lipinski definition) is 0. The fourth-order valence-electron chi connectivity index (χ4n) is 5.24. The second kappa shape index (κ2) is 10.9. The van der Waals surface area contributed by atoms with Crippen molar-refractivity contribution in [2.24, 2.45) is 0 Å². The third kappa shape index (κ3) is 4.86. The number of hydrogen-bond acceptors (Lipinski definition) is 4. The zero-order valence-electron chi connectivity index (χ0n) is 23.5. The van der Waals surface area contributed by atoms with Gasteiger partial charge in [-0.25, -0.2) is 19.9 Å². The molecule has 0 aliphatic carbocycles. The maximum Gasteiger partial charge on any atom is 0.164 e. The van der Waals surface area contributed by atoms with E-state index in [0.717, 1.165) is 44.8 Å². The molecule has 0 saturated carbocycles. The number of benzene rings is 5. The number of aromatic nitrogens is 5. The Balaban J connectivity index is 1.41. The Bertz CT molecular complexity index is 1950. The normalized spacial score (nSPS) is 11.3. The van der Waals surface area contributed by atoms with Crippen LogP contribution in [0.15, 0.2) is 133 Å². The van der Waals surface area contributed by atoms with Gasteiger partial charge in [-0.2, -0.15) is 0 Å². The average molecular weight is 544 g/mol. The smallest absolute Gasteiger partial charge is 0.164 e. The van der Waals surface area contributed by atoms with Crippen LogP contribution >= 0.6 is 0 Å². The molecule has 0 bridgehead atoms. The Morgan fingerprint density at radius 3 is 1.69 bits per heavy atom. The van der Waals surface area contributed by atoms with E-state index in [9.17, 15) is 0 Å². The molecule has 5 nitrogen and oxygen atoms in total. The maximum atomic E-state index is 5.09. The Morgan fingerprint density at radius 2 is 1.02 bits per heavy atom. The highest BCUT2D eigenvalue weighted by molar-refractivity contribution is 5.84. The van der Waals surface area contributed by atoms with E-state index in [1.54, 1.807) is 0 Å². The molecule has 7 rings (SSSR count). The molecule has 0 radical (unpaired) electrons. The predicted molar refractivity (Wildman–Crippen MR) is 170 cm³/mol. The topological polar surface area (TPSA) is 56.5 Å². The number of nitrogens with zero attached hydrogens (tertiary/aromatic N) is 5. The third-order valence-electron chi connectivity index (χ3n) is 7.43. The van der Waals surface area contributed by atoms with Gasteiger partial charge in [0.25, 0.3) is 0 Å². The minimum atomic E-state index is 0.424. The van der Waals surface area contributed by atoms with Crippen LogP contribution in [0.3, 0.4) is 0 Å². The first-order valence-corrected chi connectivity index (χ1v) is 14.2. The molecular formula is C37H29N5. The van der Waals surface area contributed by atoms with Crippen molar-refractivity contribution in [3.05, 3.63) is 139 Å². The molecule has 0 amide bonds. The molecule has 0 spiro atoms. The van der Waals surface area contributed by atoms with Gasteiger partial charge in [0.2, 0.25) is 0 Å². The standard InChI is InChI=1S/C37H29N5/c1-25(2)28-17-11-19-30(23-28)37-38-32-21-9-10-22-33(32)42(37)31-20-12-18-29(24-31)36-40-34(26-13-5-3-6-14-26)39-35(41-36)27-15-7-4-8-16-27/h3-25H,1-2H3. The molecule has 42 heavy (non-hydrogen) atoms. The Kier molecular flexibility index (Phi) is 6.61. The summed E-state index contributed by atoms with van der Waals surface area (Å²) in [5, 5.41) is 0. The molecule has 2 heterocycles. The monoisotopic (exact) mass is 543 g/mol. The SMILES string of the molecule is CC(C)c1cccc(-c2nc3ccccc3n2-c2cccc(-c3nc(-c4ccccc4)nc(-c4ccccc4)n3)c2)c1. The lowest BCUT2D eigenvalue weighted by Gasteiger charge is -2.13. The fraction of sp³-hybridized carbons (Fsp3) is 0.0811. The van der Waals surface area contributed by atoms with E-state index in [4.69, 9.17) is 19.9 Å². The van der Waals surface area contributed by atoms with Crippen LogP contribution in [0.5, 0.6) is 0 Å². The molecule has 7 aromatic rings. The van der Waals surface area contributed by atoms with Crippen molar-refractivity contribution in [2.45, 2.75) is 19.8 Å². The first-order chi connectivity index (χ1) is 20.6. The number of fused-ring (bicyclic) bond motifs is 1. The summed E-state index contributed by atoms with van der Waals surface area (Å²) in [5.74, 6) is 3.24. The molecule has 0 saturated heterocycles. The van der Waals surface area contributed by atoms with E-state index in [2.05, 4.69) is 85.1 Å². The zero-order chi connectivity index (χ0) is 28.5. The van der Waals surface area contributed by atoms with Gasteiger partial charge < -0.3 is 0 Å². The number of imidazole rings is 1. The molecule has 0 aliphatic rings. The molecule has 0 unspecified atom stereocenters. The van der Waals surface area contributed by atoms with E-state index in [1.165, 1.54) is 5.56 Å². The van der Waals surface area contributed by atoms with Crippen molar-refractivity contribution in [3.63, 3.8) is 0 Å². The molecule has 0 fully saturated rings. The Hall–Kier alpha value is -5.42. The van der Waals surface area contributed by atoms with Gasteiger partial charge in [0.1, 0.15) is 5.82 Å². The first-order valence-electron chi connectivity index (χ1n) is 14.2.